The molecular formula is C11H16N2O4. The van der Waals surface area contributed by atoms with Crippen LogP contribution in [0, 0.1) is 11.8 Å². The molecule has 2 atom stereocenters. The molecule has 0 aromatic carbocycles. The molecule has 6 heteroatoms. The van der Waals surface area contributed by atoms with E-state index in [4.69, 9.17) is 4.74 Å². The normalized spacial score (nSPS) is 28.1. The highest BCUT2D eigenvalue weighted by atomic mass is 16.6. The largest absolute Gasteiger partial charge is 0.444 e. The summed E-state index contributed by atoms with van der Waals surface area (Å²) in [4.78, 5) is 36.0. The van der Waals surface area contributed by atoms with Gasteiger partial charge in [-0.3, -0.25) is 14.9 Å². The molecule has 0 saturated carbocycles. The second-order valence-electron chi connectivity index (χ2n) is 5.45. The summed E-state index contributed by atoms with van der Waals surface area (Å²) < 4.78 is 5.20. The van der Waals surface area contributed by atoms with Gasteiger partial charge in [-0.05, 0) is 20.8 Å². The lowest BCUT2D eigenvalue weighted by molar-refractivity contribution is -0.126. The third-order valence-electron chi connectivity index (χ3n) is 2.89. The summed E-state index contributed by atoms with van der Waals surface area (Å²) in [5, 5.41) is 2.27. The molecule has 2 rings (SSSR count). The number of rotatable bonds is 0. The van der Waals surface area contributed by atoms with Crippen LogP contribution in [0.1, 0.15) is 20.8 Å². The molecule has 94 valence electrons. The second kappa shape index (κ2) is 3.72. The van der Waals surface area contributed by atoms with Crippen molar-refractivity contribution in [3.8, 4) is 0 Å². The monoisotopic (exact) mass is 240 g/mol. The summed E-state index contributed by atoms with van der Waals surface area (Å²) in [6, 6.07) is 0. The number of hydrogen-bond donors (Lipinski definition) is 1. The van der Waals surface area contributed by atoms with Gasteiger partial charge in [0.1, 0.15) is 5.60 Å². The molecule has 1 N–H and O–H groups in total. The van der Waals surface area contributed by atoms with Crippen molar-refractivity contribution in [2.24, 2.45) is 11.8 Å². The first-order valence-electron chi connectivity index (χ1n) is 5.60. The van der Waals surface area contributed by atoms with E-state index in [0.717, 1.165) is 0 Å². The van der Waals surface area contributed by atoms with Crippen molar-refractivity contribution in [1.29, 1.82) is 0 Å². The fraction of sp³-hybridized carbons (Fsp3) is 0.727. The standard InChI is InChI=1S/C11H16N2O4/c1-11(2,3)17-10(16)13-4-6-7(5-13)9(15)12-8(6)14/h6-7H,4-5H2,1-3H3,(H,12,14,15)/t6-,7+. The van der Waals surface area contributed by atoms with Gasteiger partial charge in [0.25, 0.3) is 0 Å². The van der Waals surface area contributed by atoms with Crippen molar-refractivity contribution >= 4 is 17.9 Å². The average molecular weight is 240 g/mol. The van der Waals surface area contributed by atoms with Crippen molar-refractivity contribution in [3.63, 3.8) is 0 Å². The number of carbonyl (C=O) groups excluding carboxylic acids is 3. The first kappa shape index (κ1) is 11.9. The Morgan fingerprint density at radius 2 is 1.71 bits per heavy atom. The number of ether oxygens (including phenoxy) is 1. The molecule has 17 heavy (non-hydrogen) atoms. The molecule has 0 bridgehead atoms. The fourth-order valence-electron chi connectivity index (χ4n) is 2.12. The van der Waals surface area contributed by atoms with Crippen LogP contribution in [0.25, 0.3) is 0 Å². The Bertz CT molecular complexity index is 363. The molecule has 2 heterocycles. The summed E-state index contributed by atoms with van der Waals surface area (Å²) in [6.45, 7) is 5.85. The molecule has 3 amide bonds. The molecule has 2 aliphatic rings. The molecular weight excluding hydrogens is 224 g/mol. The van der Waals surface area contributed by atoms with Gasteiger partial charge in [-0.2, -0.15) is 0 Å². The van der Waals surface area contributed by atoms with Gasteiger partial charge in [0.2, 0.25) is 11.8 Å². The number of amides is 3. The van der Waals surface area contributed by atoms with Crippen LogP contribution in [-0.4, -0.2) is 41.5 Å². The number of likely N-dealkylation sites (tertiary alicyclic amines) is 1. The molecule has 0 aromatic rings. The van der Waals surface area contributed by atoms with Crippen molar-refractivity contribution in [3.05, 3.63) is 0 Å². The first-order valence-corrected chi connectivity index (χ1v) is 5.60. The minimum Gasteiger partial charge on any atom is -0.444 e. The summed E-state index contributed by atoms with van der Waals surface area (Å²) in [7, 11) is 0. The lowest BCUT2D eigenvalue weighted by Gasteiger charge is -2.24. The van der Waals surface area contributed by atoms with Gasteiger partial charge < -0.3 is 9.64 Å². The highest BCUT2D eigenvalue weighted by Crippen LogP contribution is 2.29. The fourth-order valence-corrected chi connectivity index (χ4v) is 2.12. The van der Waals surface area contributed by atoms with E-state index < -0.39 is 23.5 Å². The maximum Gasteiger partial charge on any atom is 0.410 e. The van der Waals surface area contributed by atoms with Gasteiger partial charge in [0.15, 0.2) is 0 Å². The Kier molecular flexibility index (Phi) is 2.60. The number of imide groups is 1. The maximum absolute atomic E-state index is 11.8. The summed E-state index contributed by atoms with van der Waals surface area (Å²) >= 11 is 0. The zero-order valence-corrected chi connectivity index (χ0v) is 10.1. The van der Waals surface area contributed by atoms with Crippen molar-refractivity contribution in [2.75, 3.05) is 13.1 Å². The number of hydrogen-bond acceptors (Lipinski definition) is 4. The van der Waals surface area contributed by atoms with Gasteiger partial charge >= 0.3 is 6.09 Å². The van der Waals surface area contributed by atoms with Gasteiger partial charge in [-0.25, -0.2) is 4.79 Å². The second-order valence-corrected chi connectivity index (χ2v) is 5.45. The molecule has 0 aliphatic carbocycles. The van der Waals surface area contributed by atoms with Crippen LogP contribution in [0.5, 0.6) is 0 Å². The smallest absolute Gasteiger partial charge is 0.410 e. The van der Waals surface area contributed by atoms with Gasteiger partial charge in [-0.1, -0.05) is 0 Å². The Hall–Kier alpha value is -1.59. The van der Waals surface area contributed by atoms with Gasteiger partial charge in [0.05, 0.1) is 11.8 Å². The summed E-state index contributed by atoms with van der Waals surface area (Å²) in [6.07, 6.45) is -0.465. The highest BCUT2D eigenvalue weighted by Gasteiger charge is 2.49. The summed E-state index contributed by atoms with van der Waals surface area (Å²) in [5.41, 5.74) is -0.568. The lowest BCUT2D eigenvalue weighted by Crippen LogP contribution is -2.38. The van der Waals surface area contributed by atoms with Crippen molar-refractivity contribution in [1.82, 2.24) is 10.2 Å². The molecule has 2 aliphatic heterocycles. The lowest BCUT2D eigenvalue weighted by atomic mass is 10.00. The Morgan fingerprint density at radius 1 is 1.24 bits per heavy atom. The molecule has 0 aromatic heterocycles. The Morgan fingerprint density at radius 3 is 2.12 bits per heavy atom. The minimum absolute atomic E-state index is 0.261. The third-order valence-corrected chi connectivity index (χ3v) is 2.89. The summed E-state index contributed by atoms with van der Waals surface area (Å²) in [5.74, 6) is -1.39. The van der Waals surface area contributed by atoms with Crippen LogP contribution in [0.3, 0.4) is 0 Å². The Balaban J connectivity index is 2.01. The Labute approximate surface area is 99.3 Å². The quantitative estimate of drug-likeness (QED) is 0.610. The van der Waals surface area contributed by atoms with E-state index in [0.29, 0.717) is 0 Å². The molecule has 0 radical (unpaired) electrons. The molecule has 0 unspecified atom stereocenters. The molecule has 2 fully saturated rings. The highest BCUT2D eigenvalue weighted by molar-refractivity contribution is 6.06. The van der Waals surface area contributed by atoms with Crippen LogP contribution in [0.4, 0.5) is 4.79 Å². The predicted molar refractivity (Wildman–Crippen MR) is 57.9 cm³/mol. The minimum atomic E-state index is -0.568. The van der Waals surface area contributed by atoms with Crippen LogP contribution in [0.15, 0.2) is 0 Å². The van der Waals surface area contributed by atoms with E-state index in [1.54, 1.807) is 20.8 Å². The zero-order valence-electron chi connectivity index (χ0n) is 10.1. The number of nitrogens with zero attached hydrogens (tertiary/aromatic N) is 1. The van der Waals surface area contributed by atoms with Crippen molar-refractivity contribution in [2.45, 2.75) is 26.4 Å². The number of carbonyl (C=O) groups is 3. The predicted octanol–water partition coefficient (Wildman–Crippen LogP) is 0.126. The van der Waals surface area contributed by atoms with Crippen LogP contribution in [0.2, 0.25) is 0 Å². The molecule has 2 saturated heterocycles. The van der Waals surface area contributed by atoms with Gasteiger partial charge in [-0.15, -0.1) is 0 Å². The topological polar surface area (TPSA) is 75.7 Å². The molecule has 0 spiro atoms. The number of fused-ring (bicyclic) bond motifs is 1. The van der Waals surface area contributed by atoms with E-state index in [1.807, 2.05) is 0 Å². The van der Waals surface area contributed by atoms with E-state index >= 15 is 0 Å². The van der Waals surface area contributed by atoms with E-state index in [-0.39, 0.29) is 24.9 Å². The maximum atomic E-state index is 11.8. The van der Waals surface area contributed by atoms with E-state index in [1.165, 1.54) is 4.90 Å². The van der Waals surface area contributed by atoms with E-state index in [9.17, 15) is 14.4 Å². The van der Waals surface area contributed by atoms with Crippen molar-refractivity contribution < 1.29 is 19.1 Å². The third kappa shape index (κ3) is 2.25. The molecule has 6 nitrogen and oxygen atoms in total. The van der Waals surface area contributed by atoms with Crippen LogP contribution in [-0.2, 0) is 14.3 Å². The first-order chi connectivity index (χ1) is 7.78. The average Bonchev–Trinajstić information content (AvgIpc) is 2.67. The van der Waals surface area contributed by atoms with E-state index in [2.05, 4.69) is 5.32 Å². The van der Waals surface area contributed by atoms with Crippen LogP contribution >= 0.6 is 0 Å². The number of nitrogens with one attached hydrogen (secondary N) is 1. The zero-order chi connectivity index (χ0) is 12.8. The van der Waals surface area contributed by atoms with Gasteiger partial charge in [0, 0.05) is 13.1 Å². The SMILES string of the molecule is CC(C)(C)OC(=O)N1C[C@@H]2C(=O)NC(=O)[C@@H]2C1. The van der Waals surface area contributed by atoms with Crippen LogP contribution < -0.4 is 5.32 Å².